The van der Waals surface area contributed by atoms with Crippen molar-refractivity contribution in [3.8, 4) is 0 Å². The van der Waals surface area contributed by atoms with E-state index in [9.17, 15) is 9.90 Å². The summed E-state index contributed by atoms with van der Waals surface area (Å²) in [6, 6.07) is 10.7. The second-order valence-corrected chi connectivity index (χ2v) is 5.30. The van der Waals surface area contributed by atoms with Crippen LogP contribution in [0.2, 0.25) is 0 Å². The van der Waals surface area contributed by atoms with Gasteiger partial charge in [0.15, 0.2) is 0 Å². The van der Waals surface area contributed by atoms with Gasteiger partial charge in [-0.1, -0.05) is 30.3 Å². The van der Waals surface area contributed by atoms with Gasteiger partial charge in [0, 0.05) is 38.1 Å². The molecule has 0 aliphatic carbocycles. The molecule has 2 N–H and O–H groups in total. The number of hydrogen-bond donors (Lipinski definition) is 2. The normalized spacial score (nSPS) is 31.4. The van der Waals surface area contributed by atoms with Crippen LogP contribution in [0, 0.1) is 11.8 Å². The van der Waals surface area contributed by atoms with Crippen LogP contribution in [0.3, 0.4) is 0 Å². The Balaban J connectivity index is 1.64. The number of rotatable bonds is 3. The van der Waals surface area contributed by atoms with Gasteiger partial charge >= 0.3 is 5.97 Å². The SMILES string of the molecule is O=C(O)C1CNC2CN(Cc3ccccc3)CC21. The first kappa shape index (κ1) is 11.7. The summed E-state index contributed by atoms with van der Waals surface area (Å²) in [7, 11) is 0. The topological polar surface area (TPSA) is 52.6 Å². The highest BCUT2D eigenvalue weighted by Crippen LogP contribution is 2.30. The second-order valence-electron chi connectivity index (χ2n) is 5.30. The molecule has 1 aromatic rings. The molecular weight excluding hydrogens is 228 g/mol. The maximum atomic E-state index is 11.2. The Morgan fingerprint density at radius 3 is 2.83 bits per heavy atom. The lowest BCUT2D eigenvalue weighted by molar-refractivity contribution is -0.142. The minimum atomic E-state index is -0.656. The van der Waals surface area contributed by atoms with Crippen LogP contribution in [0.1, 0.15) is 5.56 Å². The highest BCUT2D eigenvalue weighted by Gasteiger charge is 2.45. The van der Waals surface area contributed by atoms with Gasteiger partial charge in [-0.3, -0.25) is 9.69 Å². The summed E-state index contributed by atoms with van der Waals surface area (Å²) in [6.07, 6.45) is 0. The summed E-state index contributed by atoms with van der Waals surface area (Å²) in [4.78, 5) is 13.5. The zero-order chi connectivity index (χ0) is 12.5. The molecule has 0 bridgehead atoms. The summed E-state index contributed by atoms with van der Waals surface area (Å²) in [6.45, 7) is 3.40. The second kappa shape index (κ2) is 4.71. The third kappa shape index (κ3) is 2.13. The van der Waals surface area contributed by atoms with E-state index in [1.165, 1.54) is 5.56 Å². The zero-order valence-electron chi connectivity index (χ0n) is 10.2. The molecule has 96 valence electrons. The van der Waals surface area contributed by atoms with Crippen LogP contribution in [-0.2, 0) is 11.3 Å². The molecule has 2 aliphatic heterocycles. The van der Waals surface area contributed by atoms with Gasteiger partial charge in [-0.15, -0.1) is 0 Å². The van der Waals surface area contributed by atoms with Gasteiger partial charge in [0.1, 0.15) is 0 Å². The summed E-state index contributed by atoms with van der Waals surface area (Å²) in [5.41, 5.74) is 1.30. The molecule has 2 saturated heterocycles. The molecule has 0 spiro atoms. The van der Waals surface area contributed by atoms with Crippen LogP contribution < -0.4 is 5.32 Å². The molecule has 2 aliphatic rings. The number of carboxylic acid groups (broad SMARTS) is 1. The fraction of sp³-hybridized carbons (Fsp3) is 0.500. The highest BCUT2D eigenvalue weighted by molar-refractivity contribution is 5.71. The van der Waals surface area contributed by atoms with Crippen molar-refractivity contribution in [3.05, 3.63) is 35.9 Å². The first-order valence-electron chi connectivity index (χ1n) is 6.46. The molecule has 4 heteroatoms. The third-order valence-electron chi connectivity index (χ3n) is 4.12. The van der Waals surface area contributed by atoms with Crippen LogP contribution in [0.4, 0.5) is 0 Å². The van der Waals surface area contributed by atoms with Crippen molar-refractivity contribution in [3.63, 3.8) is 0 Å². The number of fused-ring (bicyclic) bond motifs is 1. The Morgan fingerprint density at radius 1 is 1.33 bits per heavy atom. The number of aliphatic carboxylic acids is 1. The Labute approximate surface area is 107 Å². The molecule has 4 nitrogen and oxygen atoms in total. The first-order chi connectivity index (χ1) is 8.74. The fourth-order valence-corrected chi connectivity index (χ4v) is 3.21. The van der Waals surface area contributed by atoms with E-state index in [4.69, 9.17) is 0 Å². The summed E-state index contributed by atoms with van der Waals surface area (Å²) in [5, 5.41) is 12.5. The van der Waals surface area contributed by atoms with Gasteiger partial charge < -0.3 is 10.4 Å². The summed E-state index contributed by atoms with van der Waals surface area (Å²) in [5.74, 6) is -0.599. The minimum absolute atomic E-state index is 0.212. The monoisotopic (exact) mass is 246 g/mol. The molecule has 18 heavy (non-hydrogen) atoms. The van der Waals surface area contributed by atoms with Crippen LogP contribution >= 0.6 is 0 Å². The fourth-order valence-electron chi connectivity index (χ4n) is 3.21. The lowest BCUT2D eigenvalue weighted by Crippen LogP contribution is -2.30. The van der Waals surface area contributed by atoms with Gasteiger partial charge in [0.05, 0.1) is 5.92 Å². The molecule has 2 fully saturated rings. The number of hydrogen-bond acceptors (Lipinski definition) is 3. The summed E-state index contributed by atoms with van der Waals surface area (Å²) < 4.78 is 0. The van der Waals surface area contributed by atoms with E-state index in [-0.39, 0.29) is 11.8 Å². The van der Waals surface area contributed by atoms with Crippen molar-refractivity contribution < 1.29 is 9.90 Å². The van der Waals surface area contributed by atoms with E-state index >= 15 is 0 Å². The molecule has 1 aromatic carbocycles. The molecular formula is C14H18N2O2. The molecule has 0 aromatic heterocycles. The Morgan fingerprint density at radius 2 is 2.11 bits per heavy atom. The van der Waals surface area contributed by atoms with Crippen molar-refractivity contribution >= 4 is 5.97 Å². The average molecular weight is 246 g/mol. The van der Waals surface area contributed by atoms with Gasteiger partial charge in [0.2, 0.25) is 0 Å². The third-order valence-corrected chi connectivity index (χ3v) is 4.12. The number of likely N-dealkylation sites (tertiary alicyclic amines) is 1. The number of nitrogens with zero attached hydrogens (tertiary/aromatic N) is 1. The smallest absolute Gasteiger partial charge is 0.308 e. The van der Waals surface area contributed by atoms with Gasteiger partial charge in [-0.2, -0.15) is 0 Å². The lowest BCUT2D eigenvalue weighted by atomic mass is 9.93. The molecule has 3 unspecified atom stereocenters. The quantitative estimate of drug-likeness (QED) is 0.828. The van der Waals surface area contributed by atoms with E-state index in [0.717, 1.165) is 19.6 Å². The Kier molecular flexibility index (Phi) is 3.06. The predicted octanol–water partition coefficient (Wildman–Crippen LogP) is 0.791. The van der Waals surface area contributed by atoms with Crippen molar-refractivity contribution in [2.45, 2.75) is 12.6 Å². The molecule has 3 atom stereocenters. The van der Waals surface area contributed by atoms with Crippen molar-refractivity contribution in [1.82, 2.24) is 10.2 Å². The van der Waals surface area contributed by atoms with Crippen LogP contribution in [-0.4, -0.2) is 41.7 Å². The predicted molar refractivity (Wildman–Crippen MR) is 68.1 cm³/mol. The standard InChI is InChI=1S/C14H18N2O2/c17-14(18)11-6-15-13-9-16(8-12(11)13)7-10-4-2-1-3-5-10/h1-5,11-13,15H,6-9H2,(H,17,18). The highest BCUT2D eigenvalue weighted by atomic mass is 16.4. The number of benzene rings is 1. The molecule has 3 rings (SSSR count). The van der Waals surface area contributed by atoms with Crippen LogP contribution in [0.15, 0.2) is 30.3 Å². The van der Waals surface area contributed by atoms with E-state index in [2.05, 4.69) is 22.3 Å². The first-order valence-corrected chi connectivity index (χ1v) is 6.46. The average Bonchev–Trinajstić information content (AvgIpc) is 2.89. The van der Waals surface area contributed by atoms with Crippen LogP contribution in [0.25, 0.3) is 0 Å². The van der Waals surface area contributed by atoms with Crippen molar-refractivity contribution in [2.24, 2.45) is 11.8 Å². The number of carbonyl (C=O) groups is 1. The van der Waals surface area contributed by atoms with Crippen molar-refractivity contribution in [2.75, 3.05) is 19.6 Å². The van der Waals surface area contributed by atoms with E-state index < -0.39 is 5.97 Å². The van der Waals surface area contributed by atoms with Gasteiger partial charge in [0.25, 0.3) is 0 Å². The van der Waals surface area contributed by atoms with Gasteiger partial charge in [-0.25, -0.2) is 0 Å². The lowest BCUT2D eigenvalue weighted by Gasteiger charge is -2.18. The minimum Gasteiger partial charge on any atom is -0.481 e. The van der Waals surface area contributed by atoms with Crippen molar-refractivity contribution in [1.29, 1.82) is 0 Å². The van der Waals surface area contributed by atoms with E-state index in [1.807, 2.05) is 18.2 Å². The molecule has 0 radical (unpaired) electrons. The largest absolute Gasteiger partial charge is 0.481 e. The Bertz CT molecular complexity index is 435. The summed E-state index contributed by atoms with van der Waals surface area (Å²) >= 11 is 0. The number of carboxylic acids is 1. The van der Waals surface area contributed by atoms with Crippen LogP contribution in [0.5, 0.6) is 0 Å². The van der Waals surface area contributed by atoms with E-state index in [0.29, 0.717) is 12.6 Å². The Hall–Kier alpha value is -1.39. The van der Waals surface area contributed by atoms with E-state index in [1.54, 1.807) is 0 Å². The molecule has 0 amide bonds. The number of nitrogens with one attached hydrogen (secondary N) is 1. The van der Waals surface area contributed by atoms with Gasteiger partial charge in [-0.05, 0) is 5.56 Å². The zero-order valence-corrected chi connectivity index (χ0v) is 10.2. The maximum absolute atomic E-state index is 11.2. The maximum Gasteiger partial charge on any atom is 0.308 e. The molecule has 2 heterocycles. The molecule has 0 saturated carbocycles.